The smallest absolute Gasteiger partial charge is 0.350 e. The van der Waals surface area contributed by atoms with Crippen molar-refractivity contribution >= 4 is 40.0 Å². The minimum atomic E-state index is -0.379. The van der Waals surface area contributed by atoms with Crippen LogP contribution in [-0.2, 0) is 11.3 Å². The number of hydrogen-bond acceptors (Lipinski definition) is 13. The Morgan fingerprint density at radius 2 is 1.92 bits per heavy atom. The highest BCUT2D eigenvalue weighted by Crippen LogP contribution is 2.27. The van der Waals surface area contributed by atoms with E-state index in [0.717, 1.165) is 43.1 Å². The monoisotopic (exact) mass is 535 g/mol. The molecular weight excluding hydrogens is 506 g/mol. The lowest BCUT2D eigenvalue weighted by Gasteiger charge is -2.33. The Labute approximate surface area is 223 Å². The summed E-state index contributed by atoms with van der Waals surface area (Å²) in [6, 6.07) is 9.89. The Hall–Kier alpha value is -4.17. The molecule has 1 aliphatic heterocycles. The van der Waals surface area contributed by atoms with Crippen LogP contribution < -0.4 is 15.5 Å². The summed E-state index contributed by atoms with van der Waals surface area (Å²) in [7, 11) is 2.12. The third-order valence-corrected chi connectivity index (χ3v) is 7.10. The lowest BCUT2D eigenvalue weighted by molar-refractivity contribution is 0.0531. The zero-order chi connectivity index (χ0) is 26.5. The minimum Gasteiger partial charge on any atom is -0.462 e. The van der Waals surface area contributed by atoms with Crippen LogP contribution in [0.15, 0.2) is 30.3 Å². The fourth-order valence-corrected chi connectivity index (χ4v) is 4.81. The molecule has 0 radical (unpaired) electrons. The van der Waals surface area contributed by atoms with Crippen molar-refractivity contribution < 1.29 is 9.53 Å². The van der Waals surface area contributed by atoms with Crippen molar-refractivity contribution in [3.63, 3.8) is 0 Å². The summed E-state index contributed by atoms with van der Waals surface area (Å²) in [5, 5.41) is 21.2. The molecule has 3 aromatic heterocycles. The van der Waals surface area contributed by atoms with Crippen LogP contribution in [0.2, 0.25) is 0 Å². The van der Waals surface area contributed by atoms with Crippen LogP contribution in [0.4, 0.5) is 22.7 Å². The second-order valence-corrected chi connectivity index (χ2v) is 9.79. The number of piperazine rings is 1. The van der Waals surface area contributed by atoms with E-state index < -0.39 is 0 Å². The maximum Gasteiger partial charge on any atom is 0.350 e. The second kappa shape index (κ2) is 11.5. The number of rotatable bonds is 9. The molecule has 0 atom stereocenters. The summed E-state index contributed by atoms with van der Waals surface area (Å²) in [4.78, 5) is 31.2. The molecule has 1 aliphatic rings. The molecule has 38 heavy (non-hydrogen) atoms. The van der Waals surface area contributed by atoms with Crippen molar-refractivity contribution in [2.45, 2.75) is 20.4 Å². The van der Waals surface area contributed by atoms with Gasteiger partial charge in [0.05, 0.1) is 12.3 Å². The Bertz CT molecular complexity index is 1370. The Balaban J connectivity index is 1.35. The highest BCUT2D eigenvalue weighted by molar-refractivity contribution is 7.17. The van der Waals surface area contributed by atoms with Crippen molar-refractivity contribution in [2.75, 3.05) is 55.4 Å². The van der Waals surface area contributed by atoms with Gasteiger partial charge < -0.3 is 19.9 Å². The summed E-state index contributed by atoms with van der Waals surface area (Å²) in [6.45, 7) is 8.08. The molecule has 3 N–H and O–H groups in total. The van der Waals surface area contributed by atoms with Gasteiger partial charge in [0.15, 0.2) is 5.13 Å². The van der Waals surface area contributed by atoms with Gasteiger partial charge in [-0.3, -0.25) is 5.32 Å². The van der Waals surface area contributed by atoms with Crippen molar-refractivity contribution in [3.8, 4) is 11.4 Å². The number of ether oxygens (including phenoxy) is 1. The number of nitrogens with one attached hydrogen (secondary N) is 3. The first-order valence-corrected chi connectivity index (χ1v) is 13.1. The molecule has 1 saturated heterocycles. The van der Waals surface area contributed by atoms with Gasteiger partial charge in [0.1, 0.15) is 16.5 Å². The summed E-state index contributed by atoms with van der Waals surface area (Å²) < 4.78 is 5.14. The molecular formula is C24H29N11O2S. The van der Waals surface area contributed by atoms with Gasteiger partial charge >= 0.3 is 5.97 Å². The maximum absolute atomic E-state index is 12.2. The topological polar surface area (TPSA) is 150 Å². The number of tetrazole rings is 1. The van der Waals surface area contributed by atoms with Crippen molar-refractivity contribution in [1.29, 1.82) is 0 Å². The SMILES string of the molecule is CCOC(=O)c1sc(Nc2nc(NCc3ccc(-c4nn[nH]n4)cc3)cc(N3CCN(C)CC3)n2)nc1C. The normalized spacial score (nSPS) is 13.9. The number of aromatic amines is 1. The lowest BCUT2D eigenvalue weighted by Crippen LogP contribution is -2.44. The largest absolute Gasteiger partial charge is 0.462 e. The first kappa shape index (κ1) is 25.5. The molecule has 0 saturated carbocycles. The number of aryl methyl sites for hydroxylation is 1. The number of carbonyl (C=O) groups is 1. The molecule has 4 aromatic rings. The molecule has 1 fully saturated rings. The number of anilines is 4. The minimum absolute atomic E-state index is 0.309. The van der Waals surface area contributed by atoms with Crippen LogP contribution in [0.3, 0.4) is 0 Å². The van der Waals surface area contributed by atoms with Gasteiger partial charge in [-0.05, 0) is 31.7 Å². The van der Waals surface area contributed by atoms with E-state index in [-0.39, 0.29) is 5.97 Å². The number of esters is 1. The molecule has 13 nitrogen and oxygen atoms in total. The van der Waals surface area contributed by atoms with E-state index in [2.05, 4.69) is 58.1 Å². The van der Waals surface area contributed by atoms with Gasteiger partial charge in [-0.15, -0.1) is 10.2 Å². The van der Waals surface area contributed by atoms with Crippen LogP contribution in [0.1, 0.15) is 27.9 Å². The third kappa shape index (κ3) is 6.03. The molecule has 14 heteroatoms. The average Bonchev–Trinajstić information content (AvgIpc) is 3.58. The molecule has 5 rings (SSSR count). The van der Waals surface area contributed by atoms with Gasteiger partial charge in [-0.25, -0.2) is 9.78 Å². The van der Waals surface area contributed by atoms with Crippen molar-refractivity contribution in [3.05, 3.63) is 46.5 Å². The van der Waals surface area contributed by atoms with E-state index in [0.29, 0.717) is 46.4 Å². The number of H-pyrrole nitrogens is 1. The van der Waals surface area contributed by atoms with Crippen molar-refractivity contribution in [2.24, 2.45) is 0 Å². The highest BCUT2D eigenvalue weighted by Gasteiger charge is 2.20. The van der Waals surface area contributed by atoms with E-state index >= 15 is 0 Å². The zero-order valence-corrected chi connectivity index (χ0v) is 22.2. The number of benzene rings is 1. The predicted octanol–water partition coefficient (Wildman–Crippen LogP) is 2.71. The van der Waals surface area contributed by atoms with Crippen LogP contribution in [-0.4, -0.2) is 86.3 Å². The number of nitrogens with zero attached hydrogens (tertiary/aromatic N) is 8. The zero-order valence-electron chi connectivity index (χ0n) is 21.4. The molecule has 1 aromatic carbocycles. The quantitative estimate of drug-likeness (QED) is 0.270. The Morgan fingerprint density at radius 3 is 2.63 bits per heavy atom. The summed E-state index contributed by atoms with van der Waals surface area (Å²) in [5.41, 5.74) is 2.56. The fraction of sp³-hybridized carbons (Fsp3) is 0.375. The second-order valence-electron chi connectivity index (χ2n) is 8.79. The van der Waals surface area contributed by atoms with Gasteiger partial charge in [-0.1, -0.05) is 35.6 Å². The molecule has 0 bridgehead atoms. The lowest BCUT2D eigenvalue weighted by atomic mass is 10.1. The Kier molecular flexibility index (Phi) is 7.70. The third-order valence-electron chi connectivity index (χ3n) is 6.05. The Morgan fingerprint density at radius 1 is 1.13 bits per heavy atom. The predicted molar refractivity (Wildman–Crippen MR) is 145 cm³/mol. The van der Waals surface area contributed by atoms with E-state index in [4.69, 9.17) is 9.72 Å². The highest BCUT2D eigenvalue weighted by atomic mass is 32.1. The van der Waals surface area contributed by atoms with Crippen molar-refractivity contribution in [1.82, 2.24) is 40.5 Å². The van der Waals surface area contributed by atoms with E-state index in [9.17, 15) is 4.79 Å². The molecule has 4 heterocycles. The molecule has 0 amide bonds. The standard InChI is InChI=1S/C24H29N11O2S/c1-4-37-22(36)20-15(2)26-24(38-20)29-23-27-18(13-19(28-23)35-11-9-34(3)10-12-35)25-14-16-5-7-17(8-6-16)21-30-32-33-31-21/h5-8,13H,4,9-12,14H2,1-3H3,(H,30,31,32,33)(H2,25,26,27,28,29). The van der Waals surface area contributed by atoms with Gasteiger partial charge in [0.25, 0.3) is 0 Å². The number of hydrogen-bond donors (Lipinski definition) is 3. The number of carbonyl (C=O) groups excluding carboxylic acids is 1. The van der Waals surface area contributed by atoms with E-state index in [1.165, 1.54) is 11.3 Å². The van der Waals surface area contributed by atoms with E-state index in [1.54, 1.807) is 13.8 Å². The summed E-state index contributed by atoms with van der Waals surface area (Å²) >= 11 is 1.23. The van der Waals surface area contributed by atoms with Crippen LogP contribution in [0, 0.1) is 6.92 Å². The summed E-state index contributed by atoms with van der Waals surface area (Å²) in [5.74, 6) is 2.08. The number of likely N-dealkylation sites (N-methyl/N-ethyl adjacent to an activating group) is 1. The maximum atomic E-state index is 12.2. The molecule has 0 unspecified atom stereocenters. The first-order chi connectivity index (χ1) is 18.5. The average molecular weight is 536 g/mol. The van der Waals surface area contributed by atoms with Gasteiger partial charge in [-0.2, -0.15) is 15.2 Å². The molecule has 0 spiro atoms. The van der Waals surface area contributed by atoms with Gasteiger partial charge in [0, 0.05) is 44.4 Å². The van der Waals surface area contributed by atoms with Crippen LogP contribution >= 0.6 is 11.3 Å². The van der Waals surface area contributed by atoms with Gasteiger partial charge in [0.2, 0.25) is 11.8 Å². The van der Waals surface area contributed by atoms with Crippen LogP contribution in [0.5, 0.6) is 0 Å². The first-order valence-electron chi connectivity index (χ1n) is 12.3. The number of thiazole rings is 1. The van der Waals surface area contributed by atoms with E-state index in [1.807, 2.05) is 30.3 Å². The van der Waals surface area contributed by atoms with Crippen LogP contribution in [0.25, 0.3) is 11.4 Å². The number of aromatic nitrogens is 7. The fourth-order valence-electron chi connectivity index (χ4n) is 3.96. The molecule has 0 aliphatic carbocycles. The summed E-state index contributed by atoms with van der Waals surface area (Å²) in [6.07, 6.45) is 0. The molecule has 198 valence electrons.